The summed E-state index contributed by atoms with van der Waals surface area (Å²) in [5, 5.41) is 3.14. The summed E-state index contributed by atoms with van der Waals surface area (Å²) < 4.78 is 10.6. The van der Waals surface area contributed by atoms with Crippen molar-refractivity contribution in [3.05, 3.63) is 35.4 Å². The summed E-state index contributed by atoms with van der Waals surface area (Å²) in [6.45, 7) is 6.81. The van der Waals surface area contributed by atoms with E-state index in [1.165, 1.54) is 11.1 Å². The maximum atomic E-state index is 12.0. The lowest BCUT2D eigenvalue weighted by Crippen LogP contribution is -2.57. The highest BCUT2D eigenvalue weighted by atomic mass is 16.5. The van der Waals surface area contributed by atoms with E-state index in [4.69, 9.17) is 9.47 Å². The van der Waals surface area contributed by atoms with Crippen LogP contribution in [0.25, 0.3) is 0 Å². The number of amides is 1. The minimum atomic E-state index is -0.0422. The number of likely N-dealkylation sites (tertiary alicyclic amines) is 1. The molecule has 0 aliphatic carbocycles. The first-order valence-corrected chi connectivity index (χ1v) is 9.25. The molecule has 2 saturated heterocycles. The molecular formula is C20H30N2O3. The second kappa shape index (κ2) is 8.30. The number of benzene rings is 1. The molecule has 0 aromatic heterocycles. The molecule has 1 aromatic rings. The van der Waals surface area contributed by atoms with E-state index in [1.54, 1.807) is 7.11 Å². The average molecular weight is 346 g/mol. The highest BCUT2D eigenvalue weighted by Crippen LogP contribution is 2.41. The number of nitrogens with zero attached hydrogens (tertiary/aromatic N) is 1. The molecule has 25 heavy (non-hydrogen) atoms. The summed E-state index contributed by atoms with van der Waals surface area (Å²) in [7, 11) is 1.55. The maximum absolute atomic E-state index is 12.0. The highest BCUT2D eigenvalue weighted by molar-refractivity contribution is 5.77. The van der Waals surface area contributed by atoms with Crippen molar-refractivity contribution in [2.75, 3.05) is 40.0 Å². The van der Waals surface area contributed by atoms with Crippen LogP contribution in [0.15, 0.2) is 24.3 Å². The molecule has 0 unspecified atom stereocenters. The van der Waals surface area contributed by atoms with E-state index in [1.807, 2.05) is 0 Å². The predicted molar refractivity (Wildman–Crippen MR) is 97.4 cm³/mol. The van der Waals surface area contributed by atoms with Gasteiger partial charge in [0.15, 0.2) is 0 Å². The van der Waals surface area contributed by atoms with E-state index in [9.17, 15) is 4.79 Å². The van der Waals surface area contributed by atoms with Crippen molar-refractivity contribution < 1.29 is 14.3 Å². The van der Waals surface area contributed by atoms with E-state index in [-0.39, 0.29) is 24.0 Å². The van der Waals surface area contributed by atoms with E-state index in [0.717, 1.165) is 45.5 Å². The van der Waals surface area contributed by atoms with E-state index < -0.39 is 0 Å². The molecule has 2 fully saturated rings. The molecule has 1 aromatic carbocycles. The molecule has 0 saturated carbocycles. The zero-order chi connectivity index (χ0) is 17.7. The Labute approximate surface area is 150 Å². The Hall–Kier alpha value is -1.43. The van der Waals surface area contributed by atoms with Crippen molar-refractivity contribution >= 4 is 5.91 Å². The van der Waals surface area contributed by atoms with Crippen LogP contribution in [0.1, 0.15) is 30.4 Å². The fourth-order valence-electron chi connectivity index (χ4n) is 4.10. The van der Waals surface area contributed by atoms with Gasteiger partial charge < -0.3 is 14.8 Å². The van der Waals surface area contributed by atoms with Crippen LogP contribution in [-0.4, -0.2) is 56.9 Å². The van der Waals surface area contributed by atoms with Gasteiger partial charge in [0.2, 0.25) is 5.91 Å². The summed E-state index contributed by atoms with van der Waals surface area (Å²) in [6.07, 6.45) is 3.25. The normalized spacial score (nSPS) is 23.5. The van der Waals surface area contributed by atoms with E-state index in [2.05, 4.69) is 41.4 Å². The Morgan fingerprint density at radius 3 is 2.68 bits per heavy atom. The van der Waals surface area contributed by atoms with E-state index in [0.29, 0.717) is 6.61 Å². The Bertz CT molecular complexity index is 565. The quantitative estimate of drug-likeness (QED) is 0.887. The third kappa shape index (κ3) is 4.60. The van der Waals surface area contributed by atoms with Gasteiger partial charge in [0.05, 0.1) is 12.6 Å². The van der Waals surface area contributed by atoms with Crippen molar-refractivity contribution in [3.63, 3.8) is 0 Å². The fraction of sp³-hybridized carbons (Fsp3) is 0.650. The molecule has 5 heteroatoms. The minimum Gasteiger partial charge on any atom is -0.379 e. The summed E-state index contributed by atoms with van der Waals surface area (Å²) in [5.74, 6) is -0.0422. The van der Waals surface area contributed by atoms with Crippen LogP contribution in [-0.2, 0) is 20.8 Å². The predicted octanol–water partition coefficient (Wildman–Crippen LogP) is 2.13. The van der Waals surface area contributed by atoms with Crippen LogP contribution in [0.2, 0.25) is 0 Å². The van der Waals surface area contributed by atoms with Gasteiger partial charge in [-0.15, -0.1) is 0 Å². The van der Waals surface area contributed by atoms with Crippen molar-refractivity contribution in [2.45, 2.75) is 38.8 Å². The number of methoxy groups -OCH3 is 1. The smallest absolute Gasteiger partial charge is 0.246 e. The standard InChI is InChI=1S/C20H30N2O3/c1-16-3-5-17(6-4-16)13-22-10-7-20(8-11-22)9-12-25-14-18(20)21-19(23)15-24-2/h3-6,18H,7-15H2,1-2H3,(H,21,23)/t18-/m1/s1. The van der Waals surface area contributed by atoms with Crippen LogP contribution in [0.3, 0.4) is 0 Å². The van der Waals surface area contributed by atoms with Gasteiger partial charge in [0.1, 0.15) is 6.61 Å². The van der Waals surface area contributed by atoms with Gasteiger partial charge >= 0.3 is 0 Å². The number of nitrogens with one attached hydrogen (secondary N) is 1. The third-order valence-electron chi connectivity index (χ3n) is 5.76. The molecule has 138 valence electrons. The van der Waals surface area contributed by atoms with E-state index >= 15 is 0 Å². The van der Waals surface area contributed by atoms with Gasteiger partial charge in [0.25, 0.3) is 0 Å². The Kier molecular flexibility index (Phi) is 6.10. The number of ether oxygens (including phenoxy) is 2. The number of rotatable bonds is 5. The molecule has 0 bridgehead atoms. The molecule has 2 aliphatic heterocycles. The number of carbonyl (C=O) groups is 1. The van der Waals surface area contributed by atoms with Gasteiger partial charge in [-0.2, -0.15) is 0 Å². The lowest BCUT2D eigenvalue weighted by molar-refractivity contribution is -0.130. The SMILES string of the molecule is COCC(=O)N[C@@H]1COCCC12CCN(Cc1ccc(C)cc1)CC2. The number of hydrogen-bond donors (Lipinski definition) is 1. The van der Waals surface area contributed by atoms with Crippen LogP contribution in [0.5, 0.6) is 0 Å². The molecule has 3 rings (SSSR count). The maximum Gasteiger partial charge on any atom is 0.246 e. The first kappa shape index (κ1) is 18.4. The Morgan fingerprint density at radius 2 is 2.00 bits per heavy atom. The highest BCUT2D eigenvalue weighted by Gasteiger charge is 2.44. The number of hydrogen-bond acceptors (Lipinski definition) is 4. The first-order valence-electron chi connectivity index (χ1n) is 9.25. The van der Waals surface area contributed by atoms with Crippen molar-refractivity contribution in [1.29, 1.82) is 0 Å². The Balaban J connectivity index is 1.57. The monoisotopic (exact) mass is 346 g/mol. The molecule has 1 amide bonds. The molecule has 2 heterocycles. The fourth-order valence-corrected chi connectivity index (χ4v) is 4.10. The second-order valence-corrected chi connectivity index (χ2v) is 7.50. The molecule has 5 nitrogen and oxygen atoms in total. The minimum absolute atomic E-state index is 0.0422. The van der Waals surface area contributed by atoms with Gasteiger partial charge in [0, 0.05) is 20.3 Å². The van der Waals surface area contributed by atoms with Gasteiger partial charge in [-0.3, -0.25) is 9.69 Å². The lowest BCUT2D eigenvalue weighted by Gasteiger charge is -2.49. The zero-order valence-electron chi connectivity index (χ0n) is 15.4. The molecular weight excluding hydrogens is 316 g/mol. The van der Waals surface area contributed by atoms with Crippen molar-refractivity contribution in [1.82, 2.24) is 10.2 Å². The van der Waals surface area contributed by atoms with Crippen LogP contribution >= 0.6 is 0 Å². The summed E-state index contributed by atoms with van der Waals surface area (Å²) in [4.78, 5) is 14.5. The van der Waals surface area contributed by atoms with Gasteiger partial charge in [-0.1, -0.05) is 29.8 Å². The second-order valence-electron chi connectivity index (χ2n) is 7.50. The first-order chi connectivity index (χ1) is 12.1. The molecule has 1 atom stereocenters. The van der Waals surface area contributed by atoms with Gasteiger partial charge in [-0.25, -0.2) is 0 Å². The van der Waals surface area contributed by atoms with Crippen LogP contribution < -0.4 is 5.32 Å². The number of piperidine rings is 1. The van der Waals surface area contributed by atoms with Gasteiger partial charge in [-0.05, 0) is 50.3 Å². The largest absolute Gasteiger partial charge is 0.379 e. The molecule has 1 N–H and O–H groups in total. The van der Waals surface area contributed by atoms with Crippen molar-refractivity contribution in [3.8, 4) is 0 Å². The number of aryl methyl sites for hydroxylation is 1. The van der Waals surface area contributed by atoms with Crippen LogP contribution in [0, 0.1) is 12.3 Å². The molecule has 1 spiro atoms. The topological polar surface area (TPSA) is 50.8 Å². The third-order valence-corrected chi connectivity index (χ3v) is 5.76. The summed E-state index contributed by atoms with van der Waals surface area (Å²) >= 11 is 0. The summed E-state index contributed by atoms with van der Waals surface area (Å²) in [6, 6.07) is 8.91. The van der Waals surface area contributed by atoms with Crippen molar-refractivity contribution in [2.24, 2.45) is 5.41 Å². The Morgan fingerprint density at radius 1 is 1.28 bits per heavy atom. The molecule has 2 aliphatic rings. The van der Waals surface area contributed by atoms with Crippen LogP contribution in [0.4, 0.5) is 0 Å². The number of carbonyl (C=O) groups excluding carboxylic acids is 1. The summed E-state index contributed by atoms with van der Waals surface area (Å²) in [5.41, 5.74) is 2.85. The lowest BCUT2D eigenvalue weighted by atomic mass is 9.69. The zero-order valence-corrected chi connectivity index (χ0v) is 15.4. The molecule has 0 radical (unpaired) electrons. The average Bonchev–Trinajstić information content (AvgIpc) is 2.61.